The Morgan fingerprint density at radius 2 is 2.25 bits per heavy atom. The van der Waals surface area contributed by atoms with E-state index in [4.69, 9.17) is 15.0 Å². The van der Waals surface area contributed by atoms with Crippen LogP contribution >= 0.6 is 0 Å². The third kappa shape index (κ3) is 3.88. The second-order valence-electron chi connectivity index (χ2n) is 4.51. The lowest BCUT2D eigenvalue weighted by atomic mass is 10.2. The maximum Gasteiger partial charge on any atom is 0.223 e. The number of nitrogens with two attached hydrogens (primary N) is 1. The Morgan fingerprint density at radius 1 is 1.40 bits per heavy atom. The van der Waals surface area contributed by atoms with Gasteiger partial charge in [-0.25, -0.2) is 0 Å². The SMILES string of the molecule is CCCOc1cc(NCCc2noc(C)n2)ccc1N. The number of hydrogen-bond acceptors (Lipinski definition) is 6. The number of hydrogen-bond donors (Lipinski definition) is 2. The summed E-state index contributed by atoms with van der Waals surface area (Å²) in [5.74, 6) is 2.00. The van der Waals surface area contributed by atoms with Gasteiger partial charge >= 0.3 is 0 Å². The van der Waals surface area contributed by atoms with Crippen LogP contribution in [0.15, 0.2) is 22.7 Å². The first-order valence-corrected chi connectivity index (χ1v) is 6.74. The summed E-state index contributed by atoms with van der Waals surface area (Å²) < 4.78 is 10.5. The van der Waals surface area contributed by atoms with E-state index in [9.17, 15) is 0 Å². The predicted molar refractivity (Wildman–Crippen MR) is 77.9 cm³/mol. The summed E-state index contributed by atoms with van der Waals surface area (Å²) in [6, 6.07) is 5.67. The van der Waals surface area contributed by atoms with Gasteiger partial charge < -0.3 is 20.3 Å². The molecule has 1 heterocycles. The standard InChI is InChI=1S/C14H20N4O2/c1-3-8-19-13-9-11(4-5-12(13)15)16-7-6-14-17-10(2)20-18-14/h4-5,9,16H,3,6-8,15H2,1-2H3. The van der Waals surface area contributed by atoms with Crippen LogP contribution in [0.4, 0.5) is 11.4 Å². The lowest BCUT2D eigenvalue weighted by Crippen LogP contribution is -2.07. The van der Waals surface area contributed by atoms with E-state index in [-0.39, 0.29) is 0 Å². The van der Waals surface area contributed by atoms with Crippen LogP contribution in [-0.4, -0.2) is 23.3 Å². The van der Waals surface area contributed by atoms with E-state index >= 15 is 0 Å². The molecule has 0 atom stereocenters. The average molecular weight is 276 g/mol. The van der Waals surface area contributed by atoms with Gasteiger partial charge in [-0.1, -0.05) is 12.1 Å². The fourth-order valence-electron chi connectivity index (χ4n) is 1.74. The first-order chi connectivity index (χ1) is 9.69. The number of nitrogens with one attached hydrogen (secondary N) is 1. The van der Waals surface area contributed by atoms with Crippen molar-refractivity contribution in [2.24, 2.45) is 0 Å². The highest BCUT2D eigenvalue weighted by Crippen LogP contribution is 2.25. The number of aromatic nitrogens is 2. The Hall–Kier alpha value is -2.24. The molecule has 6 nitrogen and oxygen atoms in total. The van der Waals surface area contributed by atoms with Crippen molar-refractivity contribution in [2.45, 2.75) is 26.7 Å². The Bertz CT molecular complexity index is 554. The minimum Gasteiger partial charge on any atom is -0.491 e. The number of benzene rings is 1. The van der Waals surface area contributed by atoms with Crippen molar-refractivity contribution < 1.29 is 9.26 Å². The molecule has 0 aliphatic rings. The number of ether oxygens (including phenoxy) is 1. The highest BCUT2D eigenvalue weighted by Gasteiger charge is 2.04. The number of nitrogen functional groups attached to an aromatic ring is 1. The minimum absolute atomic E-state index is 0.586. The molecule has 0 aliphatic heterocycles. The van der Waals surface area contributed by atoms with Crippen molar-refractivity contribution in [3.05, 3.63) is 29.9 Å². The molecular weight excluding hydrogens is 256 g/mol. The zero-order valence-corrected chi connectivity index (χ0v) is 11.8. The summed E-state index contributed by atoms with van der Waals surface area (Å²) >= 11 is 0. The predicted octanol–water partition coefficient (Wildman–Crippen LogP) is 2.40. The van der Waals surface area contributed by atoms with Crippen LogP contribution < -0.4 is 15.8 Å². The highest BCUT2D eigenvalue weighted by molar-refractivity contribution is 5.61. The van der Waals surface area contributed by atoms with Crippen LogP contribution in [0.1, 0.15) is 25.1 Å². The molecule has 0 radical (unpaired) electrons. The van der Waals surface area contributed by atoms with E-state index in [1.54, 1.807) is 6.92 Å². The number of aryl methyl sites for hydroxylation is 1. The molecule has 3 N–H and O–H groups in total. The van der Waals surface area contributed by atoms with Crippen LogP contribution in [0.3, 0.4) is 0 Å². The molecule has 0 amide bonds. The number of anilines is 2. The molecule has 6 heteroatoms. The maximum absolute atomic E-state index is 5.87. The zero-order valence-electron chi connectivity index (χ0n) is 11.8. The van der Waals surface area contributed by atoms with Crippen molar-refractivity contribution in [2.75, 3.05) is 24.2 Å². The molecule has 0 unspecified atom stereocenters. The van der Waals surface area contributed by atoms with Crippen LogP contribution in [-0.2, 0) is 6.42 Å². The summed E-state index contributed by atoms with van der Waals surface area (Å²) in [6.07, 6.45) is 1.65. The second kappa shape index (κ2) is 6.79. The first kappa shape index (κ1) is 14.2. The van der Waals surface area contributed by atoms with Gasteiger partial charge in [0.15, 0.2) is 5.82 Å². The molecule has 2 rings (SSSR count). The zero-order chi connectivity index (χ0) is 14.4. The van der Waals surface area contributed by atoms with E-state index in [1.807, 2.05) is 18.2 Å². The molecule has 0 saturated heterocycles. The smallest absolute Gasteiger partial charge is 0.223 e. The summed E-state index contributed by atoms with van der Waals surface area (Å²) in [7, 11) is 0. The van der Waals surface area contributed by atoms with Gasteiger partial charge in [-0.2, -0.15) is 4.98 Å². The number of rotatable bonds is 7. The van der Waals surface area contributed by atoms with Gasteiger partial charge in [0.05, 0.1) is 12.3 Å². The van der Waals surface area contributed by atoms with E-state index in [0.29, 0.717) is 36.2 Å². The fraction of sp³-hybridized carbons (Fsp3) is 0.429. The Morgan fingerprint density at radius 3 is 2.95 bits per heavy atom. The summed E-state index contributed by atoms with van der Waals surface area (Å²) in [4.78, 5) is 4.15. The van der Waals surface area contributed by atoms with Gasteiger partial charge in [0.2, 0.25) is 5.89 Å². The van der Waals surface area contributed by atoms with Gasteiger partial charge in [0.25, 0.3) is 0 Å². The molecule has 0 spiro atoms. The quantitative estimate of drug-likeness (QED) is 0.755. The molecular formula is C14H20N4O2. The third-order valence-corrected chi connectivity index (χ3v) is 2.72. The molecule has 20 heavy (non-hydrogen) atoms. The Balaban J connectivity index is 1.89. The van der Waals surface area contributed by atoms with Crippen LogP contribution in [0.2, 0.25) is 0 Å². The normalized spacial score (nSPS) is 10.5. The lowest BCUT2D eigenvalue weighted by molar-refractivity contribution is 0.319. The molecule has 1 aromatic heterocycles. The minimum atomic E-state index is 0.586. The summed E-state index contributed by atoms with van der Waals surface area (Å²) in [5.41, 5.74) is 7.48. The van der Waals surface area contributed by atoms with E-state index in [0.717, 1.165) is 18.7 Å². The molecule has 0 aliphatic carbocycles. The summed E-state index contributed by atoms with van der Waals surface area (Å²) in [6.45, 7) is 5.22. The van der Waals surface area contributed by atoms with Crippen LogP contribution in [0, 0.1) is 6.92 Å². The van der Waals surface area contributed by atoms with Gasteiger partial charge in [-0.3, -0.25) is 0 Å². The van der Waals surface area contributed by atoms with Crippen molar-refractivity contribution in [3.63, 3.8) is 0 Å². The van der Waals surface area contributed by atoms with Gasteiger partial charge in [-0.15, -0.1) is 0 Å². The topological polar surface area (TPSA) is 86.2 Å². The molecule has 108 valence electrons. The van der Waals surface area contributed by atoms with Crippen molar-refractivity contribution in [3.8, 4) is 5.75 Å². The largest absolute Gasteiger partial charge is 0.491 e. The second-order valence-corrected chi connectivity index (χ2v) is 4.51. The lowest BCUT2D eigenvalue weighted by Gasteiger charge is -2.11. The first-order valence-electron chi connectivity index (χ1n) is 6.74. The molecule has 0 bridgehead atoms. The van der Waals surface area contributed by atoms with Gasteiger partial charge in [0.1, 0.15) is 5.75 Å². The highest BCUT2D eigenvalue weighted by atomic mass is 16.5. The molecule has 2 aromatic rings. The van der Waals surface area contributed by atoms with Crippen LogP contribution in [0.5, 0.6) is 5.75 Å². The monoisotopic (exact) mass is 276 g/mol. The van der Waals surface area contributed by atoms with Crippen molar-refractivity contribution >= 4 is 11.4 Å². The molecule has 1 aromatic carbocycles. The van der Waals surface area contributed by atoms with E-state index < -0.39 is 0 Å². The third-order valence-electron chi connectivity index (χ3n) is 2.72. The van der Waals surface area contributed by atoms with Gasteiger partial charge in [0, 0.05) is 31.6 Å². The summed E-state index contributed by atoms with van der Waals surface area (Å²) in [5, 5.41) is 7.14. The maximum atomic E-state index is 5.87. The van der Waals surface area contributed by atoms with E-state index in [2.05, 4.69) is 22.4 Å². The average Bonchev–Trinajstić information content (AvgIpc) is 2.85. The van der Waals surface area contributed by atoms with Gasteiger partial charge in [-0.05, 0) is 18.6 Å². The molecule has 0 fully saturated rings. The number of nitrogens with zero attached hydrogens (tertiary/aromatic N) is 2. The van der Waals surface area contributed by atoms with E-state index in [1.165, 1.54) is 0 Å². The molecule has 0 saturated carbocycles. The Kier molecular flexibility index (Phi) is 4.81. The van der Waals surface area contributed by atoms with Crippen molar-refractivity contribution in [1.29, 1.82) is 0 Å². The van der Waals surface area contributed by atoms with Crippen LogP contribution in [0.25, 0.3) is 0 Å². The van der Waals surface area contributed by atoms with Crippen molar-refractivity contribution in [1.82, 2.24) is 10.1 Å². The Labute approximate surface area is 118 Å². The fourth-order valence-corrected chi connectivity index (χ4v) is 1.74.